The van der Waals surface area contributed by atoms with Gasteiger partial charge >= 0.3 is 5.63 Å². The summed E-state index contributed by atoms with van der Waals surface area (Å²) in [6.45, 7) is 1.23. The summed E-state index contributed by atoms with van der Waals surface area (Å²) in [7, 11) is 0. The smallest absolute Gasteiger partial charge is 0.335 e. The third-order valence-corrected chi connectivity index (χ3v) is 2.46. The number of hydrogen-bond acceptors (Lipinski definition) is 4. The van der Waals surface area contributed by atoms with Gasteiger partial charge in [-0.3, -0.25) is 4.79 Å². The number of likely N-dealkylation sites (tertiary alicyclic amines) is 1. The van der Waals surface area contributed by atoms with E-state index in [2.05, 4.69) is 4.42 Å². The van der Waals surface area contributed by atoms with Gasteiger partial charge in [0.25, 0.3) is 5.91 Å². The number of nitrogens with zero attached hydrogens (tertiary/aromatic N) is 1. The quantitative estimate of drug-likeness (QED) is 0.694. The topological polar surface area (TPSA) is 76.5 Å². The Labute approximate surface area is 86.5 Å². The monoisotopic (exact) mass is 208 g/mol. The van der Waals surface area contributed by atoms with E-state index >= 15 is 0 Å². The number of hydrogen-bond donors (Lipinski definition) is 1. The molecule has 5 heteroatoms. The van der Waals surface area contributed by atoms with Gasteiger partial charge in [-0.05, 0) is 12.5 Å². The van der Waals surface area contributed by atoms with E-state index < -0.39 is 5.63 Å². The SMILES string of the molecule is N[C@H]1CCN(C(=O)c2ccc(=O)oc2)C1. The van der Waals surface area contributed by atoms with Crippen molar-refractivity contribution >= 4 is 5.91 Å². The van der Waals surface area contributed by atoms with Crippen LogP contribution in [0, 0.1) is 0 Å². The van der Waals surface area contributed by atoms with Crippen LogP contribution in [-0.2, 0) is 0 Å². The highest BCUT2D eigenvalue weighted by Gasteiger charge is 2.24. The molecule has 15 heavy (non-hydrogen) atoms. The zero-order valence-corrected chi connectivity index (χ0v) is 8.18. The van der Waals surface area contributed by atoms with Crippen LogP contribution >= 0.6 is 0 Å². The summed E-state index contributed by atoms with van der Waals surface area (Å²) in [4.78, 5) is 24.2. The van der Waals surface area contributed by atoms with Crippen molar-refractivity contribution in [2.45, 2.75) is 12.5 Å². The lowest BCUT2D eigenvalue weighted by molar-refractivity contribution is 0.0788. The molecular formula is C10H12N2O3. The van der Waals surface area contributed by atoms with E-state index in [-0.39, 0.29) is 11.9 Å². The molecule has 1 aliphatic heterocycles. The first-order valence-corrected chi connectivity index (χ1v) is 4.80. The molecule has 80 valence electrons. The Morgan fingerprint density at radius 3 is 2.87 bits per heavy atom. The molecule has 1 aliphatic rings. The second-order valence-electron chi connectivity index (χ2n) is 3.64. The molecule has 1 amide bonds. The summed E-state index contributed by atoms with van der Waals surface area (Å²) in [6.07, 6.45) is 2.01. The molecule has 2 rings (SSSR count). The molecule has 0 saturated carbocycles. The number of amides is 1. The van der Waals surface area contributed by atoms with Crippen molar-refractivity contribution in [3.05, 3.63) is 34.4 Å². The van der Waals surface area contributed by atoms with E-state index in [0.717, 1.165) is 6.42 Å². The molecule has 0 aliphatic carbocycles. The third kappa shape index (κ3) is 2.07. The Morgan fingerprint density at radius 2 is 2.33 bits per heavy atom. The first-order valence-electron chi connectivity index (χ1n) is 4.80. The van der Waals surface area contributed by atoms with Crippen LogP contribution in [-0.4, -0.2) is 29.9 Å². The minimum Gasteiger partial charge on any atom is -0.430 e. The van der Waals surface area contributed by atoms with Crippen LogP contribution in [0.2, 0.25) is 0 Å². The Hall–Kier alpha value is -1.62. The summed E-state index contributed by atoms with van der Waals surface area (Å²) in [5.74, 6) is -0.133. The molecule has 1 aromatic rings. The molecule has 0 aromatic carbocycles. The van der Waals surface area contributed by atoms with E-state index in [4.69, 9.17) is 5.73 Å². The van der Waals surface area contributed by atoms with Crippen molar-refractivity contribution in [1.29, 1.82) is 0 Å². The van der Waals surface area contributed by atoms with Gasteiger partial charge in [-0.25, -0.2) is 4.79 Å². The van der Waals surface area contributed by atoms with Crippen molar-refractivity contribution in [3.63, 3.8) is 0 Å². The molecule has 1 fully saturated rings. The van der Waals surface area contributed by atoms with Gasteiger partial charge < -0.3 is 15.1 Å². The maximum Gasteiger partial charge on any atom is 0.335 e. The van der Waals surface area contributed by atoms with E-state index in [1.807, 2.05) is 0 Å². The van der Waals surface area contributed by atoms with Gasteiger partial charge in [-0.2, -0.15) is 0 Å². The summed E-state index contributed by atoms with van der Waals surface area (Å²) in [6, 6.07) is 2.77. The molecular weight excluding hydrogens is 196 g/mol. The predicted octanol–water partition coefficient (Wildman–Crippen LogP) is -0.187. The van der Waals surface area contributed by atoms with Crippen LogP contribution in [0.5, 0.6) is 0 Å². The van der Waals surface area contributed by atoms with E-state index in [0.29, 0.717) is 18.7 Å². The number of carbonyl (C=O) groups excluding carboxylic acids is 1. The first kappa shape index (κ1) is 9.92. The van der Waals surface area contributed by atoms with Crippen LogP contribution in [0.15, 0.2) is 27.6 Å². The van der Waals surface area contributed by atoms with Gasteiger partial charge in [-0.15, -0.1) is 0 Å². The zero-order chi connectivity index (χ0) is 10.8. The molecule has 1 atom stereocenters. The Kier molecular flexibility index (Phi) is 2.55. The Morgan fingerprint density at radius 1 is 1.53 bits per heavy atom. The van der Waals surface area contributed by atoms with Crippen molar-refractivity contribution in [2.75, 3.05) is 13.1 Å². The average molecular weight is 208 g/mol. The van der Waals surface area contributed by atoms with Crippen LogP contribution in [0.1, 0.15) is 16.8 Å². The highest BCUT2D eigenvalue weighted by atomic mass is 16.4. The second kappa shape index (κ2) is 3.86. The van der Waals surface area contributed by atoms with E-state index in [1.165, 1.54) is 18.4 Å². The maximum atomic E-state index is 11.8. The summed E-state index contributed by atoms with van der Waals surface area (Å²) >= 11 is 0. The lowest BCUT2D eigenvalue weighted by Gasteiger charge is -2.14. The van der Waals surface area contributed by atoms with Gasteiger partial charge in [0.1, 0.15) is 6.26 Å². The molecule has 2 N–H and O–H groups in total. The highest BCUT2D eigenvalue weighted by Crippen LogP contribution is 2.11. The summed E-state index contributed by atoms with van der Waals surface area (Å²) < 4.78 is 4.63. The second-order valence-corrected chi connectivity index (χ2v) is 3.64. The average Bonchev–Trinajstić information content (AvgIpc) is 2.65. The van der Waals surface area contributed by atoms with Gasteiger partial charge in [0.05, 0.1) is 5.56 Å². The minimum absolute atomic E-state index is 0.0599. The molecule has 5 nitrogen and oxygen atoms in total. The number of carbonyl (C=O) groups is 1. The lowest BCUT2D eigenvalue weighted by Crippen LogP contribution is -2.31. The van der Waals surface area contributed by atoms with Gasteiger partial charge in [0.15, 0.2) is 0 Å². The fraction of sp³-hybridized carbons (Fsp3) is 0.400. The van der Waals surface area contributed by atoms with Gasteiger partial charge in [-0.1, -0.05) is 0 Å². The standard InChI is InChI=1S/C10H12N2O3/c11-8-3-4-12(5-8)10(14)7-1-2-9(13)15-6-7/h1-2,6,8H,3-5,11H2/t8-/m0/s1. The Balaban J connectivity index is 2.14. The van der Waals surface area contributed by atoms with Crippen LogP contribution in [0.3, 0.4) is 0 Å². The van der Waals surface area contributed by atoms with E-state index in [9.17, 15) is 9.59 Å². The van der Waals surface area contributed by atoms with Gasteiger partial charge in [0, 0.05) is 25.2 Å². The molecule has 0 bridgehead atoms. The molecule has 1 saturated heterocycles. The fourth-order valence-corrected chi connectivity index (χ4v) is 1.63. The van der Waals surface area contributed by atoms with Crippen LogP contribution in [0.4, 0.5) is 0 Å². The molecule has 0 radical (unpaired) electrons. The molecule has 1 aromatic heterocycles. The third-order valence-electron chi connectivity index (χ3n) is 2.46. The van der Waals surface area contributed by atoms with Crippen LogP contribution < -0.4 is 11.4 Å². The minimum atomic E-state index is -0.454. The highest BCUT2D eigenvalue weighted by molar-refractivity contribution is 5.93. The maximum absolute atomic E-state index is 11.8. The molecule has 2 heterocycles. The van der Waals surface area contributed by atoms with Crippen molar-refractivity contribution in [3.8, 4) is 0 Å². The lowest BCUT2D eigenvalue weighted by atomic mass is 10.2. The fourth-order valence-electron chi connectivity index (χ4n) is 1.63. The predicted molar refractivity (Wildman–Crippen MR) is 53.5 cm³/mol. The molecule has 0 spiro atoms. The van der Waals surface area contributed by atoms with E-state index in [1.54, 1.807) is 4.90 Å². The van der Waals surface area contributed by atoms with Crippen molar-refractivity contribution < 1.29 is 9.21 Å². The Bertz CT molecular complexity index is 406. The molecule has 0 unspecified atom stereocenters. The number of rotatable bonds is 1. The van der Waals surface area contributed by atoms with Crippen LogP contribution in [0.25, 0.3) is 0 Å². The zero-order valence-electron chi connectivity index (χ0n) is 8.18. The normalized spacial score (nSPS) is 20.6. The summed E-state index contributed by atoms with van der Waals surface area (Å²) in [5, 5.41) is 0. The van der Waals surface area contributed by atoms with Crippen molar-refractivity contribution in [2.24, 2.45) is 5.73 Å². The first-order chi connectivity index (χ1) is 7.16. The largest absolute Gasteiger partial charge is 0.430 e. The summed E-state index contributed by atoms with van der Waals surface area (Å²) in [5.41, 5.74) is 5.64. The van der Waals surface area contributed by atoms with Gasteiger partial charge in [0.2, 0.25) is 0 Å². The number of nitrogens with two attached hydrogens (primary N) is 1. The van der Waals surface area contributed by atoms with Crippen molar-refractivity contribution in [1.82, 2.24) is 4.90 Å².